The summed E-state index contributed by atoms with van der Waals surface area (Å²) in [6.45, 7) is 1.48. The topological polar surface area (TPSA) is 75.2 Å². The molecular weight excluding hydrogens is 292 g/mol. The van der Waals surface area contributed by atoms with Crippen LogP contribution in [-0.2, 0) is 11.2 Å². The highest BCUT2D eigenvalue weighted by Crippen LogP contribution is 2.17. The molecule has 3 rings (SSSR count). The number of amides is 2. The number of nitrogens with zero attached hydrogens (tertiary/aromatic N) is 3. The molecular formula is C17H18N4O2. The molecule has 2 heterocycles. The molecule has 1 fully saturated rings. The first kappa shape index (κ1) is 15.1. The van der Waals surface area contributed by atoms with E-state index in [2.05, 4.69) is 15.3 Å². The van der Waals surface area contributed by atoms with E-state index in [0.717, 1.165) is 6.42 Å². The lowest BCUT2D eigenvalue weighted by Crippen LogP contribution is -2.56. The standard InChI is InChI=1S/C17H18N4O2/c22-16(20-7-6-13-4-2-1-3-5-13)14-11-21(12-14)17(23)15-10-18-8-9-19-15/h1-5,8-10,14H,6-7,11-12H2,(H,20,22). The Labute approximate surface area is 134 Å². The average Bonchev–Trinajstić information content (AvgIpc) is 2.55. The van der Waals surface area contributed by atoms with Crippen LogP contribution in [0.1, 0.15) is 16.1 Å². The molecule has 1 aliphatic heterocycles. The highest BCUT2D eigenvalue weighted by molar-refractivity contribution is 5.94. The maximum Gasteiger partial charge on any atom is 0.274 e. The third-order valence-electron chi connectivity index (χ3n) is 3.88. The maximum atomic E-state index is 12.1. The van der Waals surface area contributed by atoms with Gasteiger partial charge in [-0.2, -0.15) is 0 Å². The van der Waals surface area contributed by atoms with Crippen LogP contribution in [-0.4, -0.2) is 46.3 Å². The van der Waals surface area contributed by atoms with E-state index in [1.54, 1.807) is 4.90 Å². The highest BCUT2D eigenvalue weighted by Gasteiger charge is 2.36. The molecule has 0 radical (unpaired) electrons. The Balaban J connectivity index is 1.41. The summed E-state index contributed by atoms with van der Waals surface area (Å²) in [7, 11) is 0. The van der Waals surface area contributed by atoms with E-state index in [1.807, 2.05) is 30.3 Å². The largest absolute Gasteiger partial charge is 0.355 e. The fourth-order valence-corrected chi connectivity index (χ4v) is 2.50. The van der Waals surface area contributed by atoms with Crippen molar-refractivity contribution in [3.8, 4) is 0 Å². The van der Waals surface area contributed by atoms with Gasteiger partial charge in [-0.15, -0.1) is 0 Å². The zero-order valence-electron chi connectivity index (χ0n) is 12.7. The molecule has 2 aromatic rings. The molecule has 1 aromatic heterocycles. The molecule has 0 unspecified atom stereocenters. The van der Waals surface area contributed by atoms with Gasteiger partial charge in [-0.05, 0) is 12.0 Å². The second kappa shape index (κ2) is 7.00. The van der Waals surface area contributed by atoms with Crippen molar-refractivity contribution in [3.05, 3.63) is 60.2 Å². The molecule has 6 nitrogen and oxygen atoms in total. The van der Waals surface area contributed by atoms with E-state index in [0.29, 0.717) is 25.3 Å². The van der Waals surface area contributed by atoms with Crippen LogP contribution in [0.3, 0.4) is 0 Å². The van der Waals surface area contributed by atoms with Gasteiger partial charge in [-0.1, -0.05) is 30.3 Å². The minimum atomic E-state index is -0.175. The number of carbonyl (C=O) groups excluding carboxylic acids is 2. The molecule has 6 heteroatoms. The van der Waals surface area contributed by atoms with Gasteiger partial charge < -0.3 is 10.2 Å². The Kier molecular flexibility index (Phi) is 4.61. The van der Waals surface area contributed by atoms with Crippen LogP contribution in [0.25, 0.3) is 0 Å². The van der Waals surface area contributed by atoms with Crippen molar-refractivity contribution in [2.75, 3.05) is 19.6 Å². The number of rotatable bonds is 5. The summed E-state index contributed by atoms with van der Waals surface area (Å²) in [5, 5.41) is 2.93. The Hall–Kier alpha value is -2.76. The van der Waals surface area contributed by atoms with Gasteiger partial charge in [-0.3, -0.25) is 14.6 Å². The second-order valence-electron chi connectivity index (χ2n) is 5.52. The van der Waals surface area contributed by atoms with Gasteiger partial charge in [0.15, 0.2) is 0 Å². The Morgan fingerprint density at radius 2 is 1.96 bits per heavy atom. The van der Waals surface area contributed by atoms with E-state index in [-0.39, 0.29) is 17.7 Å². The van der Waals surface area contributed by atoms with Gasteiger partial charge in [0.25, 0.3) is 5.91 Å². The first-order valence-corrected chi connectivity index (χ1v) is 7.61. The van der Waals surface area contributed by atoms with Gasteiger partial charge in [0.05, 0.1) is 12.1 Å². The summed E-state index contributed by atoms with van der Waals surface area (Å²) in [6.07, 6.45) is 5.26. The summed E-state index contributed by atoms with van der Waals surface area (Å²) in [4.78, 5) is 33.6. The zero-order valence-corrected chi connectivity index (χ0v) is 12.7. The van der Waals surface area contributed by atoms with Crippen LogP contribution >= 0.6 is 0 Å². The van der Waals surface area contributed by atoms with Crippen LogP contribution in [0, 0.1) is 5.92 Å². The Bertz CT molecular complexity index is 670. The van der Waals surface area contributed by atoms with Crippen molar-refractivity contribution in [2.24, 2.45) is 5.92 Å². The van der Waals surface area contributed by atoms with Gasteiger partial charge >= 0.3 is 0 Å². The number of aromatic nitrogens is 2. The third-order valence-corrected chi connectivity index (χ3v) is 3.88. The molecule has 0 atom stereocenters. The van der Waals surface area contributed by atoms with E-state index in [4.69, 9.17) is 0 Å². The monoisotopic (exact) mass is 310 g/mol. The molecule has 1 aliphatic rings. The van der Waals surface area contributed by atoms with E-state index in [1.165, 1.54) is 24.2 Å². The molecule has 118 valence electrons. The first-order valence-electron chi connectivity index (χ1n) is 7.61. The second-order valence-corrected chi connectivity index (χ2v) is 5.52. The van der Waals surface area contributed by atoms with E-state index < -0.39 is 0 Å². The van der Waals surface area contributed by atoms with Crippen molar-refractivity contribution < 1.29 is 9.59 Å². The SMILES string of the molecule is O=C(NCCc1ccccc1)C1CN(C(=O)c2cnccn2)C1. The minimum Gasteiger partial charge on any atom is -0.355 e. The Morgan fingerprint density at radius 1 is 1.17 bits per heavy atom. The Morgan fingerprint density at radius 3 is 2.65 bits per heavy atom. The zero-order chi connectivity index (χ0) is 16.1. The fraction of sp³-hybridized carbons (Fsp3) is 0.294. The number of likely N-dealkylation sites (tertiary alicyclic amines) is 1. The summed E-state index contributed by atoms with van der Waals surface area (Å²) in [5.74, 6) is -0.304. The van der Waals surface area contributed by atoms with Gasteiger partial charge in [-0.25, -0.2) is 4.98 Å². The maximum absolute atomic E-state index is 12.1. The first-order chi connectivity index (χ1) is 11.2. The summed E-state index contributed by atoms with van der Waals surface area (Å²) >= 11 is 0. The van der Waals surface area contributed by atoms with Crippen LogP contribution in [0.5, 0.6) is 0 Å². The molecule has 0 bridgehead atoms. The average molecular weight is 310 g/mol. The summed E-state index contributed by atoms with van der Waals surface area (Å²) in [5.41, 5.74) is 1.51. The number of benzene rings is 1. The smallest absolute Gasteiger partial charge is 0.274 e. The van der Waals surface area contributed by atoms with Crippen molar-refractivity contribution in [1.82, 2.24) is 20.2 Å². The van der Waals surface area contributed by atoms with Gasteiger partial charge in [0.2, 0.25) is 5.91 Å². The molecule has 2 amide bonds. The highest BCUT2D eigenvalue weighted by atomic mass is 16.2. The predicted molar refractivity (Wildman–Crippen MR) is 84.6 cm³/mol. The molecule has 23 heavy (non-hydrogen) atoms. The minimum absolute atomic E-state index is 0.00382. The van der Waals surface area contributed by atoms with Crippen molar-refractivity contribution >= 4 is 11.8 Å². The van der Waals surface area contributed by atoms with Gasteiger partial charge in [0, 0.05) is 32.0 Å². The number of nitrogens with one attached hydrogen (secondary N) is 1. The van der Waals surface area contributed by atoms with Gasteiger partial charge in [0.1, 0.15) is 5.69 Å². The predicted octanol–water partition coefficient (Wildman–Crippen LogP) is 0.907. The van der Waals surface area contributed by atoms with Crippen LogP contribution in [0.2, 0.25) is 0 Å². The lowest BCUT2D eigenvalue weighted by atomic mass is 9.98. The van der Waals surface area contributed by atoms with E-state index >= 15 is 0 Å². The molecule has 0 saturated carbocycles. The quantitative estimate of drug-likeness (QED) is 0.890. The van der Waals surface area contributed by atoms with Crippen LogP contribution in [0.4, 0.5) is 0 Å². The van der Waals surface area contributed by atoms with Crippen LogP contribution in [0.15, 0.2) is 48.9 Å². The van der Waals surface area contributed by atoms with Crippen LogP contribution < -0.4 is 5.32 Å². The summed E-state index contributed by atoms with van der Waals surface area (Å²) in [6, 6.07) is 10.0. The number of hydrogen-bond donors (Lipinski definition) is 1. The number of hydrogen-bond acceptors (Lipinski definition) is 4. The van der Waals surface area contributed by atoms with Crippen molar-refractivity contribution in [3.63, 3.8) is 0 Å². The normalized spacial score (nSPS) is 14.2. The number of carbonyl (C=O) groups is 2. The summed E-state index contributed by atoms with van der Waals surface area (Å²) < 4.78 is 0. The molecule has 0 aliphatic carbocycles. The molecule has 1 N–H and O–H groups in total. The van der Waals surface area contributed by atoms with Crippen molar-refractivity contribution in [1.29, 1.82) is 0 Å². The van der Waals surface area contributed by atoms with E-state index in [9.17, 15) is 9.59 Å². The molecule has 1 aromatic carbocycles. The molecule has 0 spiro atoms. The lowest BCUT2D eigenvalue weighted by molar-refractivity contribution is -0.128. The fourth-order valence-electron chi connectivity index (χ4n) is 2.50. The van der Waals surface area contributed by atoms with Crippen molar-refractivity contribution in [2.45, 2.75) is 6.42 Å². The molecule has 1 saturated heterocycles. The third kappa shape index (κ3) is 3.71. The lowest BCUT2D eigenvalue weighted by Gasteiger charge is -2.37.